The van der Waals surface area contributed by atoms with Gasteiger partial charge in [0.25, 0.3) is 0 Å². The fourth-order valence-electron chi connectivity index (χ4n) is 9.86. The van der Waals surface area contributed by atoms with Crippen LogP contribution in [0.1, 0.15) is 153 Å². The van der Waals surface area contributed by atoms with E-state index in [4.69, 9.17) is 29.9 Å². The summed E-state index contributed by atoms with van der Waals surface area (Å²) in [5, 5.41) is 4.25. The van der Waals surface area contributed by atoms with Gasteiger partial charge >= 0.3 is 0 Å². The smallest absolute Gasteiger partial charge is 0.164 e. The van der Waals surface area contributed by atoms with Crippen LogP contribution < -0.4 is 0 Å². The molecule has 0 saturated carbocycles. The molecular weight excluding hydrogens is 785 g/mol. The lowest BCUT2D eigenvalue weighted by Crippen LogP contribution is -1.96. The lowest BCUT2D eigenvalue weighted by atomic mass is 9.94. The van der Waals surface area contributed by atoms with Gasteiger partial charge in [-0.2, -0.15) is 0 Å². The van der Waals surface area contributed by atoms with Gasteiger partial charge in [-0.15, -0.1) is 0 Å². The molecule has 0 aliphatic carbocycles. The maximum Gasteiger partial charge on any atom is 0.164 e. The number of rotatable bonds is 20. The van der Waals surface area contributed by atoms with Gasteiger partial charge in [-0.05, 0) is 97.9 Å². The Kier molecular flexibility index (Phi) is 13.9. The van der Waals surface area contributed by atoms with Crippen LogP contribution in [0.15, 0.2) is 72.8 Å². The fourth-order valence-corrected chi connectivity index (χ4v) is 9.86. The second-order valence-corrected chi connectivity index (χ2v) is 18.3. The van der Waals surface area contributed by atoms with E-state index in [0.717, 1.165) is 92.1 Å². The number of hydrogen-bond acceptors (Lipinski definition) is 6. The van der Waals surface area contributed by atoms with Crippen molar-refractivity contribution in [1.29, 1.82) is 0 Å². The standard InChI is InChI=1S/C56H66N8/c1-5-9-13-17-25-37-33-45-46(34-38(37)26-18-14-10-6-2)54-60-50-43-31-23-24-32-44(43)52(58-50)62-56-48-36-40(28-20-16-12-8-4)39(27-19-15-11-7-3)35-47(48)55(64-56)61-51-42-30-22-21-29-41(42)49(57-51)59-53(45)63-54/h21-24,29-36H,5-20,25-28H2,1-4H3,(H2,57,58,59,60,61,62,63,64). The van der Waals surface area contributed by atoms with E-state index in [-0.39, 0.29) is 0 Å². The molecule has 0 amide bonds. The molecule has 9 rings (SSSR count). The van der Waals surface area contributed by atoms with Crippen LogP contribution in [0.4, 0.5) is 0 Å². The lowest BCUT2D eigenvalue weighted by molar-refractivity contribution is 0.651. The van der Waals surface area contributed by atoms with Gasteiger partial charge in [0.1, 0.15) is 22.6 Å². The van der Waals surface area contributed by atoms with Crippen LogP contribution in [0.25, 0.3) is 89.7 Å². The zero-order valence-corrected chi connectivity index (χ0v) is 38.8. The zero-order valence-electron chi connectivity index (χ0n) is 38.8. The lowest BCUT2D eigenvalue weighted by Gasteiger charge is -2.11. The number of nitrogens with one attached hydrogen (secondary N) is 2. The molecule has 8 heteroatoms. The maximum absolute atomic E-state index is 5.40. The molecule has 0 unspecified atom stereocenters. The highest BCUT2D eigenvalue weighted by molar-refractivity contribution is 6.07. The molecule has 2 aliphatic rings. The first-order valence-electron chi connectivity index (χ1n) is 24.9. The molecule has 0 spiro atoms. The molecule has 2 N–H and O–H groups in total. The van der Waals surface area contributed by atoms with Crippen molar-refractivity contribution in [3.8, 4) is 45.6 Å². The Morgan fingerprint density at radius 2 is 0.562 bits per heavy atom. The van der Waals surface area contributed by atoms with Crippen LogP contribution in [-0.2, 0) is 25.7 Å². The second-order valence-electron chi connectivity index (χ2n) is 18.3. The number of aryl methyl sites for hydroxylation is 4. The minimum atomic E-state index is 0.648. The molecule has 3 aromatic heterocycles. The average Bonchev–Trinajstić information content (AvgIpc) is 4.04. The molecule has 8 bridgehead atoms. The summed E-state index contributed by atoms with van der Waals surface area (Å²) in [6, 6.07) is 26.3. The Hall–Kier alpha value is -5.76. The molecule has 0 fully saturated rings. The third kappa shape index (κ3) is 9.25. The summed E-state index contributed by atoms with van der Waals surface area (Å²) in [5.41, 5.74) is 12.6. The first kappa shape index (κ1) is 43.5. The van der Waals surface area contributed by atoms with Gasteiger partial charge in [0, 0.05) is 43.8 Å². The molecule has 0 radical (unpaired) electrons. The van der Waals surface area contributed by atoms with Crippen LogP contribution in [0.5, 0.6) is 0 Å². The highest BCUT2D eigenvalue weighted by Crippen LogP contribution is 2.38. The first-order valence-corrected chi connectivity index (χ1v) is 24.9. The van der Waals surface area contributed by atoms with E-state index in [1.807, 2.05) is 0 Å². The van der Waals surface area contributed by atoms with Crippen LogP contribution in [0.3, 0.4) is 0 Å². The van der Waals surface area contributed by atoms with E-state index in [0.29, 0.717) is 23.3 Å². The molecule has 2 aliphatic heterocycles. The molecule has 7 aromatic rings. The zero-order chi connectivity index (χ0) is 43.8. The topological polar surface area (TPSA) is 109 Å². The second kappa shape index (κ2) is 20.4. The minimum absolute atomic E-state index is 0.648. The molecule has 0 atom stereocenters. The molecule has 64 heavy (non-hydrogen) atoms. The van der Waals surface area contributed by atoms with Crippen molar-refractivity contribution in [2.45, 2.75) is 156 Å². The Balaban J connectivity index is 1.32. The first-order chi connectivity index (χ1) is 31.6. The molecule has 4 aromatic carbocycles. The van der Waals surface area contributed by atoms with Gasteiger partial charge in [-0.3, -0.25) is 0 Å². The van der Waals surface area contributed by atoms with E-state index in [9.17, 15) is 0 Å². The normalized spacial score (nSPS) is 12.1. The third-order valence-electron chi connectivity index (χ3n) is 13.5. The van der Waals surface area contributed by atoms with Crippen molar-refractivity contribution in [1.82, 2.24) is 39.9 Å². The van der Waals surface area contributed by atoms with E-state index in [1.54, 1.807) is 0 Å². The number of fused-ring (bicyclic) bond motifs is 20. The van der Waals surface area contributed by atoms with E-state index >= 15 is 0 Å². The van der Waals surface area contributed by atoms with Gasteiger partial charge in [-0.25, -0.2) is 29.9 Å². The van der Waals surface area contributed by atoms with Gasteiger partial charge < -0.3 is 9.97 Å². The quantitative estimate of drug-likeness (QED) is 0.0739. The van der Waals surface area contributed by atoms with E-state index in [1.165, 1.54) is 125 Å². The largest absolute Gasteiger partial charge is 0.324 e. The van der Waals surface area contributed by atoms with Crippen molar-refractivity contribution < 1.29 is 0 Å². The van der Waals surface area contributed by atoms with Crippen LogP contribution in [-0.4, -0.2) is 39.9 Å². The molecule has 5 heterocycles. The van der Waals surface area contributed by atoms with Crippen molar-refractivity contribution >= 4 is 44.1 Å². The van der Waals surface area contributed by atoms with Crippen molar-refractivity contribution in [2.24, 2.45) is 0 Å². The van der Waals surface area contributed by atoms with Gasteiger partial charge in [0.15, 0.2) is 23.3 Å². The number of unbranched alkanes of at least 4 members (excludes halogenated alkanes) is 12. The molecule has 330 valence electrons. The van der Waals surface area contributed by atoms with Crippen LogP contribution in [0, 0.1) is 0 Å². The number of aromatic nitrogens is 8. The maximum atomic E-state index is 5.40. The average molecular weight is 851 g/mol. The highest BCUT2D eigenvalue weighted by Gasteiger charge is 2.23. The third-order valence-corrected chi connectivity index (χ3v) is 13.5. The summed E-state index contributed by atoms with van der Waals surface area (Å²) in [7, 11) is 0. The summed E-state index contributed by atoms with van der Waals surface area (Å²) in [6.07, 6.45) is 23.9. The summed E-state index contributed by atoms with van der Waals surface area (Å²) in [6.45, 7) is 9.13. The summed E-state index contributed by atoms with van der Waals surface area (Å²) >= 11 is 0. The van der Waals surface area contributed by atoms with Gasteiger partial charge in [0.05, 0.1) is 0 Å². The predicted octanol–water partition coefficient (Wildman–Crippen LogP) is 15.4. The number of benzene rings is 4. The predicted molar refractivity (Wildman–Crippen MR) is 267 cm³/mol. The molecule has 8 nitrogen and oxygen atoms in total. The Morgan fingerprint density at radius 3 is 0.797 bits per heavy atom. The molecule has 0 saturated heterocycles. The number of nitrogens with zero attached hydrogens (tertiary/aromatic N) is 6. The van der Waals surface area contributed by atoms with Crippen molar-refractivity contribution in [3.05, 3.63) is 95.1 Å². The summed E-state index contributed by atoms with van der Waals surface area (Å²) in [5.74, 6) is 2.59. The van der Waals surface area contributed by atoms with Crippen LogP contribution in [0.2, 0.25) is 0 Å². The number of aromatic amines is 2. The van der Waals surface area contributed by atoms with Crippen molar-refractivity contribution in [3.63, 3.8) is 0 Å². The highest BCUT2D eigenvalue weighted by atomic mass is 15.1. The van der Waals surface area contributed by atoms with Gasteiger partial charge in [0.2, 0.25) is 0 Å². The minimum Gasteiger partial charge on any atom is -0.324 e. The Morgan fingerprint density at radius 1 is 0.312 bits per heavy atom. The van der Waals surface area contributed by atoms with Gasteiger partial charge in [-0.1, -0.05) is 153 Å². The SMILES string of the molecule is CCCCCCc1cc2c3nc4nc(nc5[nH]c(nc6nc(nc([nH]3)c2cc1CCCCCC)-c1ccccc1-6)c1cc(CCCCCC)c(CCCCCC)cc51)-c1ccccc1-4. The number of H-pyrrole nitrogens is 2. The Labute approximate surface area is 379 Å². The monoisotopic (exact) mass is 851 g/mol. The summed E-state index contributed by atoms with van der Waals surface area (Å²) < 4.78 is 0. The summed E-state index contributed by atoms with van der Waals surface area (Å²) in [4.78, 5) is 39.5. The molecular formula is C56H66N8. The fraction of sp³-hybridized carbons (Fsp3) is 0.429. The van der Waals surface area contributed by atoms with E-state index in [2.05, 4.69) is 110 Å². The van der Waals surface area contributed by atoms with E-state index < -0.39 is 0 Å². The number of hydrogen-bond donors (Lipinski definition) is 2. The van der Waals surface area contributed by atoms with Crippen molar-refractivity contribution in [2.75, 3.05) is 0 Å². The van der Waals surface area contributed by atoms with Crippen LogP contribution >= 0.6 is 0 Å². The Bertz CT molecular complexity index is 2530.